The molecule has 0 aliphatic heterocycles. The summed E-state index contributed by atoms with van der Waals surface area (Å²) in [6, 6.07) is 6.09. The maximum atomic E-state index is 12.9. The van der Waals surface area contributed by atoms with E-state index in [1.807, 2.05) is 0 Å². The molecule has 1 aliphatic rings. The lowest BCUT2D eigenvalue weighted by atomic mass is 10.1. The van der Waals surface area contributed by atoms with Crippen LogP contribution in [0.4, 0.5) is 4.39 Å². The lowest BCUT2D eigenvalue weighted by Gasteiger charge is -2.10. The molecule has 7 heteroatoms. The van der Waals surface area contributed by atoms with Crippen LogP contribution in [0.15, 0.2) is 24.3 Å². The van der Waals surface area contributed by atoms with Crippen LogP contribution in [-0.2, 0) is 17.8 Å². The van der Waals surface area contributed by atoms with Gasteiger partial charge in [0.25, 0.3) is 0 Å². The summed E-state index contributed by atoms with van der Waals surface area (Å²) in [6.45, 7) is 0.284. The predicted octanol–water partition coefficient (Wildman–Crippen LogP) is 1.27. The second-order valence-electron chi connectivity index (χ2n) is 5.14. The van der Waals surface area contributed by atoms with E-state index in [9.17, 15) is 14.3 Å². The van der Waals surface area contributed by atoms with E-state index in [0.29, 0.717) is 25.1 Å². The molecule has 1 aliphatic carbocycles. The molecule has 0 saturated heterocycles. The van der Waals surface area contributed by atoms with Gasteiger partial charge < -0.3 is 5.11 Å². The molecule has 20 heavy (non-hydrogen) atoms. The highest BCUT2D eigenvalue weighted by atomic mass is 19.1. The second-order valence-corrected chi connectivity index (χ2v) is 5.14. The van der Waals surface area contributed by atoms with Gasteiger partial charge in [-0.15, -0.1) is 5.10 Å². The Labute approximate surface area is 114 Å². The van der Waals surface area contributed by atoms with Crippen molar-refractivity contribution in [2.75, 3.05) is 0 Å². The smallest absolute Gasteiger partial charge is 0.311 e. The van der Waals surface area contributed by atoms with E-state index in [2.05, 4.69) is 15.5 Å². The molecular weight excluding hydrogens is 263 g/mol. The summed E-state index contributed by atoms with van der Waals surface area (Å²) in [5.74, 6) is -0.513. The van der Waals surface area contributed by atoms with Crippen molar-refractivity contribution in [3.05, 3.63) is 41.5 Å². The third-order valence-electron chi connectivity index (χ3n) is 3.64. The molecule has 104 valence electrons. The van der Waals surface area contributed by atoms with Gasteiger partial charge in [-0.3, -0.25) is 4.79 Å². The second kappa shape index (κ2) is 4.66. The molecule has 0 bridgehead atoms. The minimum absolute atomic E-state index is 0.284. The molecule has 0 atom stereocenters. The van der Waals surface area contributed by atoms with E-state index in [1.54, 1.807) is 12.1 Å². The molecular formula is C13H13FN4O2. The average Bonchev–Trinajstić information content (AvgIpc) is 3.08. The fourth-order valence-electron chi connectivity index (χ4n) is 2.13. The topological polar surface area (TPSA) is 80.9 Å². The van der Waals surface area contributed by atoms with E-state index in [4.69, 9.17) is 0 Å². The van der Waals surface area contributed by atoms with Crippen molar-refractivity contribution >= 4 is 5.97 Å². The highest BCUT2D eigenvalue weighted by molar-refractivity contribution is 5.77. The van der Waals surface area contributed by atoms with Crippen molar-refractivity contribution in [1.29, 1.82) is 0 Å². The van der Waals surface area contributed by atoms with Gasteiger partial charge in [-0.1, -0.05) is 12.1 Å². The quantitative estimate of drug-likeness (QED) is 0.889. The van der Waals surface area contributed by atoms with Crippen LogP contribution in [0.25, 0.3) is 0 Å². The third-order valence-corrected chi connectivity index (χ3v) is 3.64. The largest absolute Gasteiger partial charge is 0.481 e. The monoisotopic (exact) mass is 276 g/mol. The molecule has 6 nitrogen and oxygen atoms in total. The number of hydrogen-bond acceptors (Lipinski definition) is 4. The number of rotatable bonds is 5. The number of tetrazole rings is 1. The Kier molecular flexibility index (Phi) is 2.96. The van der Waals surface area contributed by atoms with Crippen molar-refractivity contribution < 1.29 is 14.3 Å². The van der Waals surface area contributed by atoms with Crippen molar-refractivity contribution in [3.8, 4) is 0 Å². The van der Waals surface area contributed by atoms with E-state index in [0.717, 1.165) is 5.56 Å². The minimum atomic E-state index is -0.805. The molecule has 0 amide bonds. The Morgan fingerprint density at radius 1 is 1.35 bits per heavy atom. The fourth-order valence-corrected chi connectivity index (χ4v) is 2.13. The van der Waals surface area contributed by atoms with Crippen molar-refractivity contribution in [2.45, 2.75) is 25.8 Å². The zero-order valence-corrected chi connectivity index (χ0v) is 10.7. The number of halogens is 1. The molecule has 1 saturated carbocycles. The summed E-state index contributed by atoms with van der Waals surface area (Å²) < 4.78 is 14.4. The molecule has 0 spiro atoms. The molecule has 3 rings (SSSR count). The number of aliphatic carboxylic acids is 1. The summed E-state index contributed by atoms with van der Waals surface area (Å²) in [6.07, 6.45) is 1.75. The zero-order chi connectivity index (χ0) is 14.2. The van der Waals surface area contributed by atoms with Gasteiger partial charge in [0.15, 0.2) is 5.82 Å². The van der Waals surface area contributed by atoms with Crippen molar-refractivity contribution in [3.63, 3.8) is 0 Å². The Morgan fingerprint density at radius 3 is 2.65 bits per heavy atom. The Morgan fingerprint density at radius 2 is 2.05 bits per heavy atom. The van der Waals surface area contributed by atoms with Crippen molar-refractivity contribution in [1.82, 2.24) is 20.2 Å². The number of carboxylic acid groups (broad SMARTS) is 1. The standard InChI is InChI=1S/C13H13FN4O2/c14-10-3-1-9(2-4-10)7-11-15-16-17-18(11)8-13(5-6-13)12(19)20/h1-4H,5-8H2,(H,19,20). The zero-order valence-electron chi connectivity index (χ0n) is 10.7. The first-order valence-corrected chi connectivity index (χ1v) is 6.32. The highest BCUT2D eigenvalue weighted by Crippen LogP contribution is 2.47. The number of aromatic nitrogens is 4. The Bertz CT molecular complexity index is 634. The Hall–Kier alpha value is -2.31. The molecule has 1 fully saturated rings. The molecule has 2 aromatic rings. The Balaban J connectivity index is 1.77. The summed E-state index contributed by atoms with van der Waals surface area (Å²) in [5.41, 5.74) is 0.162. The summed E-state index contributed by atoms with van der Waals surface area (Å²) in [7, 11) is 0. The molecule has 1 N–H and O–H groups in total. The fraction of sp³-hybridized carbons (Fsp3) is 0.385. The van der Waals surface area contributed by atoms with Gasteiger partial charge in [-0.25, -0.2) is 9.07 Å². The maximum absolute atomic E-state index is 12.9. The summed E-state index contributed by atoms with van der Waals surface area (Å²) in [4.78, 5) is 11.2. The van der Waals surface area contributed by atoms with Crippen LogP contribution in [0, 0.1) is 11.2 Å². The number of hydrogen-bond donors (Lipinski definition) is 1. The number of carboxylic acids is 1. The van der Waals surface area contributed by atoms with Gasteiger partial charge in [-0.05, 0) is 41.0 Å². The van der Waals surface area contributed by atoms with Gasteiger partial charge in [0.05, 0.1) is 12.0 Å². The summed E-state index contributed by atoms with van der Waals surface area (Å²) in [5, 5.41) is 20.6. The first-order valence-electron chi connectivity index (χ1n) is 6.32. The lowest BCUT2D eigenvalue weighted by Crippen LogP contribution is -2.23. The number of benzene rings is 1. The molecule has 1 aromatic carbocycles. The average molecular weight is 276 g/mol. The van der Waals surface area contributed by atoms with E-state index in [1.165, 1.54) is 16.8 Å². The highest BCUT2D eigenvalue weighted by Gasteiger charge is 2.51. The van der Waals surface area contributed by atoms with Crippen LogP contribution in [0.1, 0.15) is 24.2 Å². The van der Waals surface area contributed by atoms with Crippen LogP contribution >= 0.6 is 0 Å². The van der Waals surface area contributed by atoms with Gasteiger partial charge in [-0.2, -0.15) is 0 Å². The number of carbonyl (C=O) groups is 1. The van der Waals surface area contributed by atoms with Crippen LogP contribution in [-0.4, -0.2) is 31.3 Å². The van der Waals surface area contributed by atoms with Gasteiger partial charge in [0.1, 0.15) is 5.82 Å². The van der Waals surface area contributed by atoms with Crippen LogP contribution in [0.2, 0.25) is 0 Å². The summed E-state index contributed by atoms with van der Waals surface area (Å²) >= 11 is 0. The third kappa shape index (κ3) is 2.38. The first-order chi connectivity index (χ1) is 9.59. The van der Waals surface area contributed by atoms with Crippen molar-refractivity contribution in [2.24, 2.45) is 5.41 Å². The van der Waals surface area contributed by atoms with Gasteiger partial charge >= 0.3 is 5.97 Å². The van der Waals surface area contributed by atoms with Gasteiger partial charge in [0, 0.05) is 6.42 Å². The first kappa shape index (κ1) is 12.7. The lowest BCUT2D eigenvalue weighted by molar-refractivity contribution is -0.144. The number of nitrogens with zero attached hydrogens (tertiary/aromatic N) is 4. The van der Waals surface area contributed by atoms with Gasteiger partial charge in [0.2, 0.25) is 0 Å². The van der Waals surface area contributed by atoms with E-state index in [-0.39, 0.29) is 12.4 Å². The molecule has 1 heterocycles. The predicted molar refractivity (Wildman–Crippen MR) is 66.3 cm³/mol. The van der Waals surface area contributed by atoms with Crippen LogP contribution in [0.5, 0.6) is 0 Å². The minimum Gasteiger partial charge on any atom is -0.481 e. The van der Waals surface area contributed by atoms with Crippen LogP contribution in [0.3, 0.4) is 0 Å². The van der Waals surface area contributed by atoms with E-state index < -0.39 is 11.4 Å². The molecule has 1 aromatic heterocycles. The molecule has 0 unspecified atom stereocenters. The van der Waals surface area contributed by atoms with E-state index >= 15 is 0 Å². The normalized spacial score (nSPS) is 16.1. The maximum Gasteiger partial charge on any atom is 0.311 e. The SMILES string of the molecule is O=C(O)C1(Cn2nnnc2Cc2ccc(F)cc2)CC1. The molecule has 0 radical (unpaired) electrons. The van der Waals surface area contributed by atoms with Crippen LogP contribution < -0.4 is 0 Å².